The van der Waals surface area contributed by atoms with E-state index in [0.717, 1.165) is 4.47 Å². The van der Waals surface area contributed by atoms with Crippen molar-refractivity contribution in [1.29, 1.82) is 0 Å². The van der Waals surface area contributed by atoms with Gasteiger partial charge in [0.1, 0.15) is 0 Å². The lowest BCUT2D eigenvalue weighted by atomic mass is 10.2. The van der Waals surface area contributed by atoms with E-state index in [4.69, 9.17) is 13.9 Å². The summed E-state index contributed by atoms with van der Waals surface area (Å²) in [5.41, 5.74) is 4.14. The minimum atomic E-state index is -0.526. The first kappa shape index (κ1) is 25.4. The lowest BCUT2D eigenvalue weighted by Crippen LogP contribution is -2.18. The summed E-state index contributed by atoms with van der Waals surface area (Å²) in [5.74, 6) is -0.713. The Kier molecular flexibility index (Phi) is 8.11. The minimum absolute atomic E-state index is 0.156. The number of rotatable bonds is 8. The van der Waals surface area contributed by atoms with Crippen molar-refractivity contribution in [2.24, 2.45) is 5.10 Å². The molecule has 0 saturated carbocycles. The fraction of sp³-hybridized carbons (Fsp3) is 0.0370. The predicted molar refractivity (Wildman–Crippen MR) is 140 cm³/mol. The van der Waals surface area contributed by atoms with Gasteiger partial charge >= 0.3 is 5.97 Å². The highest BCUT2D eigenvalue weighted by molar-refractivity contribution is 9.10. The van der Waals surface area contributed by atoms with Crippen molar-refractivity contribution in [3.8, 4) is 11.5 Å². The number of benzene rings is 3. The molecule has 37 heavy (non-hydrogen) atoms. The maximum atomic E-state index is 12.5. The van der Waals surface area contributed by atoms with Crippen LogP contribution < -0.4 is 20.2 Å². The van der Waals surface area contributed by atoms with Crippen molar-refractivity contribution in [2.45, 2.75) is 0 Å². The zero-order valence-corrected chi connectivity index (χ0v) is 21.0. The Morgan fingerprint density at radius 3 is 2.43 bits per heavy atom. The van der Waals surface area contributed by atoms with Gasteiger partial charge in [-0.2, -0.15) is 5.10 Å². The van der Waals surface area contributed by atoms with E-state index < -0.39 is 17.8 Å². The third kappa shape index (κ3) is 6.71. The Hall–Kier alpha value is -4.70. The number of carbonyl (C=O) groups excluding carboxylic acids is 3. The molecular weight excluding hydrogens is 542 g/mol. The van der Waals surface area contributed by atoms with Crippen molar-refractivity contribution < 1.29 is 28.3 Å². The smallest absolute Gasteiger partial charge is 0.343 e. The quantitative estimate of drug-likeness (QED) is 0.131. The Labute approximate surface area is 220 Å². The maximum absolute atomic E-state index is 12.5. The normalized spacial score (nSPS) is 10.6. The van der Waals surface area contributed by atoms with Crippen molar-refractivity contribution in [1.82, 2.24) is 5.43 Å². The number of amides is 2. The van der Waals surface area contributed by atoms with Crippen LogP contribution in [0.15, 0.2) is 99.1 Å². The van der Waals surface area contributed by atoms with Gasteiger partial charge in [0.15, 0.2) is 17.3 Å². The Balaban J connectivity index is 1.37. The fourth-order valence-corrected chi connectivity index (χ4v) is 3.43. The number of halogens is 1. The maximum Gasteiger partial charge on any atom is 0.343 e. The molecule has 4 aromatic rings. The first-order valence-corrected chi connectivity index (χ1v) is 11.7. The highest BCUT2D eigenvalue weighted by Gasteiger charge is 2.13. The molecule has 3 aromatic carbocycles. The number of hydrogen-bond acceptors (Lipinski definition) is 7. The summed E-state index contributed by atoms with van der Waals surface area (Å²) in [6, 6.07) is 21.2. The Morgan fingerprint density at radius 1 is 0.892 bits per heavy atom. The molecule has 4 rings (SSSR count). The van der Waals surface area contributed by atoms with E-state index in [2.05, 4.69) is 31.8 Å². The number of hydrazone groups is 1. The van der Waals surface area contributed by atoms with Crippen LogP contribution >= 0.6 is 15.9 Å². The van der Waals surface area contributed by atoms with Gasteiger partial charge in [-0.25, -0.2) is 10.2 Å². The van der Waals surface area contributed by atoms with E-state index in [-0.39, 0.29) is 11.5 Å². The average Bonchev–Trinajstić information content (AvgIpc) is 3.45. The summed E-state index contributed by atoms with van der Waals surface area (Å²) in [5, 5.41) is 6.64. The first-order chi connectivity index (χ1) is 17.9. The van der Waals surface area contributed by atoms with Crippen molar-refractivity contribution in [2.75, 3.05) is 12.4 Å². The second-order valence-corrected chi connectivity index (χ2v) is 8.43. The largest absolute Gasteiger partial charge is 0.493 e. The first-order valence-electron chi connectivity index (χ1n) is 10.9. The van der Waals surface area contributed by atoms with Gasteiger partial charge in [-0.05, 0) is 78.4 Å². The fourth-order valence-electron chi connectivity index (χ4n) is 3.16. The van der Waals surface area contributed by atoms with Crippen LogP contribution in [0.5, 0.6) is 11.5 Å². The number of methoxy groups -OCH3 is 1. The lowest BCUT2D eigenvalue weighted by Gasteiger charge is -2.10. The van der Waals surface area contributed by atoms with Gasteiger partial charge in [0.2, 0.25) is 0 Å². The molecule has 186 valence electrons. The van der Waals surface area contributed by atoms with E-state index in [0.29, 0.717) is 28.1 Å². The lowest BCUT2D eigenvalue weighted by molar-refractivity contribution is 0.0729. The highest BCUT2D eigenvalue weighted by atomic mass is 79.9. The summed E-state index contributed by atoms with van der Waals surface area (Å²) in [4.78, 5) is 37.1. The molecule has 2 N–H and O–H groups in total. The molecule has 1 aromatic heterocycles. The van der Waals surface area contributed by atoms with Gasteiger partial charge in [0.05, 0.1) is 25.2 Å². The van der Waals surface area contributed by atoms with Gasteiger partial charge in [-0.15, -0.1) is 0 Å². The standard InChI is InChI=1S/C27H20BrN3O6/c1-35-24-14-17(7-12-22(24)37-27(34)18-8-10-20(28)11-9-18)16-29-31-25(32)19-4-2-5-21(15-19)30-26(33)23-6-3-13-36-23/h2-16H,1H3,(H,30,33)(H,31,32). The summed E-state index contributed by atoms with van der Waals surface area (Å²) in [7, 11) is 1.45. The number of furan rings is 1. The number of hydrogen-bond donors (Lipinski definition) is 2. The molecule has 9 nitrogen and oxygen atoms in total. The Morgan fingerprint density at radius 2 is 1.70 bits per heavy atom. The number of esters is 1. The van der Waals surface area contributed by atoms with Crippen LogP contribution in [0.1, 0.15) is 36.8 Å². The monoisotopic (exact) mass is 561 g/mol. The van der Waals surface area contributed by atoms with Crippen LogP contribution in [-0.2, 0) is 0 Å². The molecule has 0 spiro atoms. The molecule has 0 radical (unpaired) electrons. The van der Waals surface area contributed by atoms with Crippen LogP contribution in [0, 0.1) is 0 Å². The predicted octanol–water partition coefficient (Wildman–Crippen LogP) is 5.29. The van der Waals surface area contributed by atoms with Crippen LogP contribution in [0.4, 0.5) is 5.69 Å². The van der Waals surface area contributed by atoms with Gasteiger partial charge in [0, 0.05) is 15.7 Å². The van der Waals surface area contributed by atoms with Gasteiger partial charge < -0.3 is 19.2 Å². The van der Waals surface area contributed by atoms with Crippen molar-refractivity contribution in [3.05, 3.63) is 112 Å². The molecule has 0 saturated heterocycles. The molecule has 0 unspecified atom stereocenters. The third-order valence-corrected chi connectivity index (χ3v) is 5.51. The molecular formula is C27H20BrN3O6. The number of anilines is 1. The Bertz CT molecular complexity index is 1450. The van der Waals surface area contributed by atoms with Crippen LogP contribution in [-0.4, -0.2) is 31.1 Å². The second-order valence-electron chi connectivity index (χ2n) is 7.52. The van der Waals surface area contributed by atoms with E-state index in [1.807, 2.05) is 0 Å². The average molecular weight is 562 g/mol. The molecule has 0 aliphatic heterocycles. The van der Waals surface area contributed by atoms with Crippen LogP contribution in [0.3, 0.4) is 0 Å². The van der Waals surface area contributed by atoms with Crippen LogP contribution in [0.2, 0.25) is 0 Å². The van der Waals surface area contributed by atoms with Crippen molar-refractivity contribution >= 4 is 45.6 Å². The molecule has 0 fully saturated rings. The number of nitrogens with one attached hydrogen (secondary N) is 2. The highest BCUT2D eigenvalue weighted by Crippen LogP contribution is 2.28. The number of ether oxygens (including phenoxy) is 2. The summed E-state index contributed by atoms with van der Waals surface area (Å²) in [6.45, 7) is 0. The molecule has 0 bridgehead atoms. The zero-order chi connectivity index (χ0) is 26.2. The number of nitrogens with zero attached hydrogens (tertiary/aromatic N) is 1. The summed E-state index contributed by atoms with van der Waals surface area (Å²) in [6.07, 6.45) is 2.82. The van der Waals surface area contributed by atoms with Crippen LogP contribution in [0.25, 0.3) is 0 Å². The molecule has 0 aliphatic rings. The van der Waals surface area contributed by atoms with E-state index in [1.165, 1.54) is 31.7 Å². The topological polar surface area (TPSA) is 119 Å². The van der Waals surface area contributed by atoms with E-state index in [1.54, 1.807) is 66.7 Å². The molecule has 2 amide bonds. The van der Waals surface area contributed by atoms with Gasteiger partial charge in [-0.1, -0.05) is 22.0 Å². The molecule has 0 atom stereocenters. The van der Waals surface area contributed by atoms with Gasteiger partial charge in [-0.3, -0.25) is 9.59 Å². The van der Waals surface area contributed by atoms with Crippen molar-refractivity contribution in [3.63, 3.8) is 0 Å². The summed E-state index contributed by atoms with van der Waals surface area (Å²) >= 11 is 3.32. The zero-order valence-electron chi connectivity index (χ0n) is 19.4. The van der Waals surface area contributed by atoms with Gasteiger partial charge in [0.25, 0.3) is 11.8 Å². The minimum Gasteiger partial charge on any atom is -0.493 e. The SMILES string of the molecule is COc1cc(C=NNC(=O)c2cccc(NC(=O)c3ccco3)c2)ccc1OC(=O)c1ccc(Br)cc1. The second kappa shape index (κ2) is 11.8. The van der Waals surface area contributed by atoms with E-state index >= 15 is 0 Å². The molecule has 0 aliphatic carbocycles. The number of carbonyl (C=O) groups is 3. The van der Waals surface area contributed by atoms with E-state index in [9.17, 15) is 14.4 Å². The molecule has 1 heterocycles. The summed E-state index contributed by atoms with van der Waals surface area (Å²) < 4.78 is 16.7. The third-order valence-electron chi connectivity index (χ3n) is 4.98. The molecule has 10 heteroatoms.